The Morgan fingerprint density at radius 1 is 0.920 bits per heavy atom. The van der Waals surface area contributed by atoms with Crippen LogP contribution in [0.2, 0.25) is 0 Å². The van der Waals surface area contributed by atoms with Crippen molar-refractivity contribution in [1.82, 2.24) is 9.62 Å². The van der Waals surface area contributed by atoms with Gasteiger partial charge in [-0.15, -0.1) is 0 Å². The van der Waals surface area contributed by atoms with Crippen molar-refractivity contribution in [2.45, 2.75) is 30.8 Å². The molecule has 2 aromatic carbocycles. The Hall–Kier alpha value is -2.20. The summed E-state index contributed by atoms with van der Waals surface area (Å²) in [5.41, 5.74) is 2.79. The van der Waals surface area contributed by atoms with E-state index in [1.54, 1.807) is 28.6 Å². The second kappa shape index (κ2) is 7.79. The summed E-state index contributed by atoms with van der Waals surface area (Å²) < 4.78 is 26.5. The summed E-state index contributed by atoms with van der Waals surface area (Å²) in [7, 11) is -3.34. The molecule has 0 unspecified atom stereocenters. The first-order valence-electron chi connectivity index (χ1n) is 8.38. The van der Waals surface area contributed by atoms with Crippen molar-refractivity contribution < 1.29 is 8.42 Å². The number of rotatable bonds is 6. The smallest absolute Gasteiger partial charge is 0.243 e. The Morgan fingerprint density at radius 2 is 1.44 bits per heavy atom. The molecule has 0 atom stereocenters. The van der Waals surface area contributed by atoms with Gasteiger partial charge in [-0.05, 0) is 48.2 Å². The van der Waals surface area contributed by atoms with E-state index in [-0.39, 0.29) is 0 Å². The summed E-state index contributed by atoms with van der Waals surface area (Å²) >= 11 is 0. The molecule has 130 valence electrons. The van der Waals surface area contributed by atoms with Crippen molar-refractivity contribution in [3.8, 4) is 6.07 Å². The minimum Gasteiger partial charge on any atom is -0.309 e. The van der Waals surface area contributed by atoms with Gasteiger partial charge in [-0.1, -0.05) is 24.3 Å². The summed E-state index contributed by atoms with van der Waals surface area (Å²) in [6.45, 7) is 2.59. The average Bonchev–Trinajstić information content (AvgIpc) is 3.18. The Bertz CT molecular complexity index is 847. The number of nitrogens with one attached hydrogen (secondary N) is 1. The van der Waals surface area contributed by atoms with Crippen LogP contribution in [0.4, 0.5) is 0 Å². The van der Waals surface area contributed by atoms with Crippen molar-refractivity contribution in [1.29, 1.82) is 5.26 Å². The Labute approximate surface area is 149 Å². The molecule has 25 heavy (non-hydrogen) atoms. The van der Waals surface area contributed by atoms with Crippen molar-refractivity contribution in [2.75, 3.05) is 13.1 Å². The number of hydrogen-bond acceptors (Lipinski definition) is 4. The van der Waals surface area contributed by atoms with E-state index in [9.17, 15) is 8.42 Å². The highest BCUT2D eigenvalue weighted by atomic mass is 32.2. The minimum atomic E-state index is -3.34. The van der Waals surface area contributed by atoms with Gasteiger partial charge in [0.2, 0.25) is 10.0 Å². The highest BCUT2D eigenvalue weighted by molar-refractivity contribution is 7.89. The van der Waals surface area contributed by atoms with Gasteiger partial charge < -0.3 is 5.32 Å². The largest absolute Gasteiger partial charge is 0.309 e. The lowest BCUT2D eigenvalue weighted by Gasteiger charge is -2.15. The molecule has 0 spiro atoms. The van der Waals surface area contributed by atoms with Crippen molar-refractivity contribution in [2.24, 2.45) is 0 Å². The Balaban J connectivity index is 1.56. The molecule has 1 N–H and O–H groups in total. The molecule has 1 heterocycles. The quantitative estimate of drug-likeness (QED) is 0.864. The first-order chi connectivity index (χ1) is 12.1. The highest BCUT2D eigenvalue weighted by Crippen LogP contribution is 2.21. The standard InChI is InChI=1S/C19H21N3O2S/c20-13-16-3-5-17(6-4-16)14-21-15-18-7-9-19(10-8-18)25(23,24)22-11-1-2-12-22/h3-10,21H,1-2,11-12,14-15H2. The minimum absolute atomic E-state index is 0.366. The second-order valence-electron chi connectivity index (χ2n) is 6.17. The molecule has 6 heteroatoms. The van der Waals surface area contributed by atoms with E-state index >= 15 is 0 Å². The second-order valence-corrected chi connectivity index (χ2v) is 8.11. The van der Waals surface area contributed by atoms with E-state index in [4.69, 9.17) is 5.26 Å². The lowest BCUT2D eigenvalue weighted by atomic mass is 10.1. The lowest BCUT2D eigenvalue weighted by Crippen LogP contribution is -2.27. The average molecular weight is 355 g/mol. The number of nitrogens with zero attached hydrogens (tertiary/aromatic N) is 2. The number of benzene rings is 2. The molecule has 2 aromatic rings. The summed E-state index contributed by atoms with van der Waals surface area (Å²) in [6.07, 6.45) is 1.88. The highest BCUT2D eigenvalue weighted by Gasteiger charge is 2.26. The molecule has 1 aliphatic heterocycles. The predicted molar refractivity (Wildman–Crippen MR) is 96.1 cm³/mol. The number of hydrogen-bond donors (Lipinski definition) is 1. The van der Waals surface area contributed by atoms with Crippen LogP contribution in [0.25, 0.3) is 0 Å². The van der Waals surface area contributed by atoms with Crippen LogP contribution >= 0.6 is 0 Å². The monoisotopic (exact) mass is 355 g/mol. The van der Waals surface area contributed by atoms with Crippen molar-refractivity contribution in [3.05, 3.63) is 65.2 Å². The van der Waals surface area contributed by atoms with Gasteiger partial charge in [0.15, 0.2) is 0 Å². The zero-order valence-electron chi connectivity index (χ0n) is 14.0. The first-order valence-corrected chi connectivity index (χ1v) is 9.82. The van der Waals surface area contributed by atoms with Gasteiger partial charge in [0, 0.05) is 26.2 Å². The van der Waals surface area contributed by atoms with Crippen LogP contribution in [0.5, 0.6) is 0 Å². The molecule has 0 aromatic heterocycles. The van der Waals surface area contributed by atoms with Crippen LogP contribution in [-0.2, 0) is 23.1 Å². The summed E-state index contributed by atoms with van der Waals surface area (Å²) in [5.74, 6) is 0. The van der Waals surface area contributed by atoms with E-state index < -0.39 is 10.0 Å². The molecule has 0 amide bonds. The molecule has 1 aliphatic rings. The molecule has 5 nitrogen and oxygen atoms in total. The van der Waals surface area contributed by atoms with E-state index in [2.05, 4.69) is 11.4 Å². The molecule has 3 rings (SSSR count). The fourth-order valence-electron chi connectivity index (χ4n) is 2.91. The van der Waals surface area contributed by atoms with Crippen LogP contribution in [0.15, 0.2) is 53.4 Å². The lowest BCUT2D eigenvalue weighted by molar-refractivity contribution is 0.477. The van der Waals surface area contributed by atoms with Gasteiger partial charge in [-0.3, -0.25) is 0 Å². The van der Waals surface area contributed by atoms with Crippen LogP contribution in [-0.4, -0.2) is 25.8 Å². The SMILES string of the molecule is N#Cc1ccc(CNCc2ccc(S(=O)(=O)N3CCCC3)cc2)cc1. The van der Waals surface area contributed by atoms with E-state index in [1.165, 1.54) is 0 Å². The van der Waals surface area contributed by atoms with Crippen LogP contribution in [0, 0.1) is 11.3 Å². The predicted octanol–water partition coefficient (Wildman–Crippen LogP) is 2.63. The van der Waals surface area contributed by atoms with Gasteiger partial charge in [0.25, 0.3) is 0 Å². The zero-order chi connectivity index (χ0) is 17.7. The summed E-state index contributed by atoms with van der Waals surface area (Å²) in [5, 5.41) is 12.1. The molecule has 1 fully saturated rings. The third kappa shape index (κ3) is 4.26. The number of sulfonamides is 1. The van der Waals surface area contributed by atoms with Gasteiger partial charge in [0.05, 0.1) is 16.5 Å². The Kier molecular flexibility index (Phi) is 5.49. The van der Waals surface area contributed by atoms with Gasteiger partial charge in [-0.25, -0.2) is 8.42 Å². The molecular weight excluding hydrogens is 334 g/mol. The van der Waals surface area contributed by atoms with Gasteiger partial charge in [0.1, 0.15) is 0 Å². The molecule has 0 aliphatic carbocycles. The summed E-state index contributed by atoms with van der Waals surface area (Å²) in [6, 6.07) is 16.6. The van der Waals surface area contributed by atoms with Crippen LogP contribution in [0.1, 0.15) is 29.5 Å². The topological polar surface area (TPSA) is 73.2 Å². The third-order valence-corrected chi connectivity index (χ3v) is 6.28. The van der Waals surface area contributed by atoms with Crippen LogP contribution < -0.4 is 5.32 Å². The molecule has 0 radical (unpaired) electrons. The fourth-order valence-corrected chi connectivity index (χ4v) is 4.42. The molecule has 1 saturated heterocycles. The normalized spacial score (nSPS) is 15.2. The third-order valence-electron chi connectivity index (χ3n) is 4.37. The maximum atomic E-state index is 12.5. The zero-order valence-corrected chi connectivity index (χ0v) is 14.8. The van der Waals surface area contributed by atoms with Crippen molar-refractivity contribution >= 4 is 10.0 Å². The summed E-state index contributed by atoms with van der Waals surface area (Å²) in [4.78, 5) is 0.366. The first kappa shape index (κ1) is 17.6. The van der Waals surface area contributed by atoms with E-state index in [1.807, 2.05) is 24.3 Å². The van der Waals surface area contributed by atoms with E-state index in [0.717, 1.165) is 24.0 Å². The molecular formula is C19H21N3O2S. The molecule has 0 bridgehead atoms. The molecule has 0 saturated carbocycles. The Morgan fingerprint density at radius 3 is 1.96 bits per heavy atom. The van der Waals surface area contributed by atoms with Gasteiger partial charge >= 0.3 is 0 Å². The fraction of sp³-hybridized carbons (Fsp3) is 0.316. The maximum absolute atomic E-state index is 12.5. The van der Waals surface area contributed by atoms with E-state index in [0.29, 0.717) is 36.6 Å². The maximum Gasteiger partial charge on any atom is 0.243 e. The number of nitriles is 1. The van der Waals surface area contributed by atoms with Crippen LogP contribution in [0.3, 0.4) is 0 Å². The van der Waals surface area contributed by atoms with Gasteiger partial charge in [-0.2, -0.15) is 9.57 Å². The van der Waals surface area contributed by atoms with Crippen molar-refractivity contribution in [3.63, 3.8) is 0 Å².